The van der Waals surface area contributed by atoms with Crippen LogP contribution in [0.1, 0.15) is 11.1 Å². The van der Waals surface area contributed by atoms with Gasteiger partial charge in [0.1, 0.15) is 0 Å². The summed E-state index contributed by atoms with van der Waals surface area (Å²) in [7, 11) is 0. The largest absolute Gasteiger partial charge is 0.290 e. The van der Waals surface area contributed by atoms with E-state index >= 15 is 0 Å². The third-order valence-electron chi connectivity index (χ3n) is 3.04. The lowest BCUT2D eigenvalue weighted by atomic mass is 9.93. The van der Waals surface area contributed by atoms with Gasteiger partial charge in [0, 0.05) is 35.9 Å². The van der Waals surface area contributed by atoms with Gasteiger partial charge in [0.15, 0.2) is 5.78 Å². The van der Waals surface area contributed by atoms with Gasteiger partial charge in [-0.3, -0.25) is 14.8 Å². The molecule has 0 fully saturated rings. The minimum atomic E-state index is 0.00507. The van der Waals surface area contributed by atoms with E-state index in [1.807, 2.05) is 48.8 Å². The van der Waals surface area contributed by atoms with E-state index in [4.69, 9.17) is 0 Å². The van der Waals surface area contributed by atoms with Crippen LogP contribution in [0, 0.1) is 0 Å². The number of carbonyl (C=O) groups excluding carboxylic acids is 1. The molecule has 1 aliphatic carbocycles. The van der Waals surface area contributed by atoms with E-state index in [9.17, 15) is 4.79 Å². The molecule has 0 aromatic carbocycles. The van der Waals surface area contributed by atoms with Crippen LogP contribution in [0.4, 0.5) is 0 Å². The van der Waals surface area contributed by atoms with Crippen molar-refractivity contribution in [2.75, 3.05) is 0 Å². The number of pyridine rings is 2. The Kier molecular flexibility index (Phi) is 3.33. The average molecular weight is 260 g/mol. The van der Waals surface area contributed by atoms with Crippen LogP contribution in [-0.4, -0.2) is 15.8 Å². The summed E-state index contributed by atoms with van der Waals surface area (Å²) in [5.41, 5.74) is 4.00. The number of allylic oxidation sites excluding steroid dienone is 5. The van der Waals surface area contributed by atoms with Gasteiger partial charge in [-0.05, 0) is 35.4 Å². The van der Waals surface area contributed by atoms with Gasteiger partial charge in [0.05, 0.1) is 0 Å². The maximum atomic E-state index is 11.3. The molecule has 20 heavy (non-hydrogen) atoms. The van der Waals surface area contributed by atoms with Crippen molar-refractivity contribution in [1.82, 2.24) is 9.97 Å². The molecule has 2 heterocycles. The molecule has 3 nitrogen and oxygen atoms in total. The van der Waals surface area contributed by atoms with Crippen molar-refractivity contribution >= 4 is 11.4 Å². The van der Waals surface area contributed by atoms with Crippen LogP contribution in [-0.2, 0) is 4.79 Å². The summed E-state index contributed by atoms with van der Waals surface area (Å²) in [5, 5.41) is 0. The molecule has 0 saturated carbocycles. The molecule has 0 N–H and O–H groups in total. The highest BCUT2D eigenvalue weighted by molar-refractivity contribution is 6.03. The number of carbonyl (C=O) groups is 1. The molecule has 0 spiro atoms. The van der Waals surface area contributed by atoms with Crippen LogP contribution in [0.3, 0.4) is 0 Å². The molecule has 0 bridgehead atoms. The fourth-order valence-electron chi connectivity index (χ4n) is 2.14. The lowest BCUT2D eigenvalue weighted by Crippen LogP contribution is -1.97. The summed E-state index contributed by atoms with van der Waals surface area (Å²) in [6, 6.07) is 7.79. The molecular weight excluding hydrogens is 248 g/mol. The van der Waals surface area contributed by atoms with Crippen molar-refractivity contribution in [3.05, 3.63) is 90.1 Å². The Morgan fingerprint density at radius 3 is 1.80 bits per heavy atom. The van der Waals surface area contributed by atoms with E-state index in [1.165, 1.54) is 0 Å². The summed E-state index contributed by atoms with van der Waals surface area (Å²) in [5.74, 6) is 0.00507. The standard InChI is InChI=1S/C17H12N2O/c20-16-7-5-13(6-8-16)17(14-3-1-9-18-11-14)15-4-2-10-19-12-15/h1-12H. The van der Waals surface area contributed by atoms with Crippen LogP contribution in [0.2, 0.25) is 0 Å². The first-order chi connectivity index (χ1) is 9.84. The minimum Gasteiger partial charge on any atom is -0.290 e. The second kappa shape index (κ2) is 5.45. The number of hydrogen-bond acceptors (Lipinski definition) is 3. The average Bonchev–Trinajstić information content (AvgIpc) is 2.52. The van der Waals surface area contributed by atoms with E-state index in [0.717, 1.165) is 22.3 Å². The first-order valence-electron chi connectivity index (χ1n) is 6.30. The van der Waals surface area contributed by atoms with Crippen LogP contribution in [0.5, 0.6) is 0 Å². The van der Waals surface area contributed by atoms with Gasteiger partial charge in [0.25, 0.3) is 0 Å². The number of ketones is 1. The van der Waals surface area contributed by atoms with Gasteiger partial charge >= 0.3 is 0 Å². The first-order valence-corrected chi connectivity index (χ1v) is 6.30. The Hall–Kier alpha value is -2.81. The molecule has 0 atom stereocenters. The molecular formula is C17H12N2O. The fraction of sp³-hybridized carbons (Fsp3) is 0. The normalized spacial score (nSPS) is 13.6. The van der Waals surface area contributed by atoms with Crippen molar-refractivity contribution in [3.8, 4) is 0 Å². The predicted octanol–water partition coefficient (Wildman–Crippen LogP) is 2.97. The van der Waals surface area contributed by atoms with E-state index in [0.29, 0.717) is 0 Å². The van der Waals surface area contributed by atoms with E-state index < -0.39 is 0 Å². The monoisotopic (exact) mass is 260 g/mol. The maximum Gasteiger partial charge on any atom is 0.178 e. The molecule has 3 heteroatoms. The third-order valence-corrected chi connectivity index (χ3v) is 3.04. The molecule has 96 valence electrons. The Bertz CT molecular complexity index is 654. The van der Waals surface area contributed by atoms with Crippen molar-refractivity contribution in [1.29, 1.82) is 0 Å². The summed E-state index contributed by atoms with van der Waals surface area (Å²) in [6.07, 6.45) is 13.9. The van der Waals surface area contributed by atoms with Gasteiger partial charge in [-0.25, -0.2) is 0 Å². The van der Waals surface area contributed by atoms with E-state index in [-0.39, 0.29) is 5.78 Å². The van der Waals surface area contributed by atoms with Crippen LogP contribution < -0.4 is 0 Å². The highest BCUT2D eigenvalue weighted by atomic mass is 16.1. The Morgan fingerprint density at radius 1 is 0.800 bits per heavy atom. The number of rotatable bonds is 2. The van der Waals surface area contributed by atoms with Crippen LogP contribution >= 0.6 is 0 Å². The summed E-state index contributed by atoms with van der Waals surface area (Å²) in [4.78, 5) is 19.6. The molecule has 0 unspecified atom stereocenters. The lowest BCUT2D eigenvalue weighted by Gasteiger charge is -2.12. The number of nitrogens with zero attached hydrogens (tertiary/aromatic N) is 2. The topological polar surface area (TPSA) is 42.9 Å². The first kappa shape index (κ1) is 12.2. The molecule has 0 amide bonds. The predicted molar refractivity (Wildman–Crippen MR) is 77.8 cm³/mol. The zero-order valence-electron chi connectivity index (χ0n) is 10.7. The van der Waals surface area contributed by atoms with Gasteiger partial charge < -0.3 is 0 Å². The van der Waals surface area contributed by atoms with Crippen molar-refractivity contribution in [2.45, 2.75) is 0 Å². The van der Waals surface area contributed by atoms with Gasteiger partial charge in [-0.2, -0.15) is 0 Å². The molecule has 0 aliphatic heterocycles. The van der Waals surface area contributed by atoms with Gasteiger partial charge in [0.2, 0.25) is 0 Å². The zero-order valence-corrected chi connectivity index (χ0v) is 10.7. The van der Waals surface area contributed by atoms with Crippen LogP contribution in [0.15, 0.2) is 78.9 Å². The third kappa shape index (κ3) is 2.47. The summed E-state index contributed by atoms with van der Waals surface area (Å²) >= 11 is 0. The van der Waals surface area contributed by atoms with E-state index in [2.05, 4.69) is 9.97 Å². The van der Waals surface area contributed by atoms with Gasteiger partial charge in [-0.15, -0.1) is 0 Å². The molecule has 0 saturated heterocycles. The van der Waals surface area contributed by atoms with Crippen molar-refractivity contribution in [3.63, 3.8) is 0 Å². The molecule has 2 aromatic heterocycles. The lowest BCUT2D eigenvalue weighted by molar-refractivity contribution is -0.110. The van der Waals surface area contributed by atoms with Crippen molar-refractivity contribution < 1.29 is 4.79 Å². The smallest absolute Gasteiger partial charge is 0.178 e. The number of hydrogen-bond donors (Lipinski definition) is 0. The maximum absolute atomic E-state index is 11.3. The highest BCUT2D eigenvalue weighted by Gasteiger charge is 2.11. The molecule has 1 aliphatic rings. The Balaban J connectivity index is 2.20. The zero-order chi connectivity index (χ0) is 13.8. The second-order valence-electron chi connectivity index (χ2n) is 4.38. The second-order valence-corrected chi connectivity index (χ2v) is 4.38. The minimum absolute atomic E-state index is 0.00507. The summed E-state index contributed by atoms with van der Waals surface area (Å²) in [6.45, 7) is 0. The Labute approximate surface area is 117 Å². The molecule has 3 rings (SSSR count). The number of aromatic nitrogens is 2. The summed E-state index contributed by atoms with van der Waals surface area (Å²) < 4.78 is 0. The van der Waals surface area contributed by atoms with Crippen LogP contribution in [0.25, 0.3) is 5.57 Å². The van der Waals surface area contributed by atoms with Crippen molar-refractivity contribution in [2.24, 2.45) is 0 Å². The van der Waals surface area contributed by atoms with Gasteiger partial charge in [-0.1, -0.05) is 24.3 Å². The highest BCUT2D eigenvalue weighted by Crippen LogP contribution is 2.28. The Morgan fingerprint density at radius 2 is 1.35 bits per heavy atom. The molecule has 2 aromatic rings. The molecule has 0 radical (unpaired) electrons. The quantitative estimate of drug-likeness (QED) is 0.833. The SMILES string of the molecule is O=C1C=CC(=C(c2cccnc2)c2cccnc2)C=C1. The van der Waals surface area contributed by atoms with E-state index in [1.54, 1.807) is 24.5 Å². The fourth-order valence-corrected chi connectivity index (χ4v) is 2.14.